The number of hydrogen-bond donors (Lipinski definition) is 1. The molecule has 12 heteroatoms. The number of hydrogen-bond acceptors (Lipinski definition) is 9. The molecule has 1 unspecified atom stereocenters. The summed E-state index contributed by atoms with van der Waals surface area (Å²) in [5.74, 6) is 0.793. The van der Waals surface area contributed by atoms with Gasteiger partial charge < -0.3 is 24.2 Å². The van der Waals surface area contributed by atoms with Crippen LogP contribution >= 0.6 is 0 Å². The van der Waals surface area contributed by atoms with Gasteiger partial charge in [-0.05, 0) is 58.1 Å². The minimum Gasteiger partial charge on any atom is -0.474 e. The molecule has 2 aliphatic heterocycles. The number of aromatic nitrogens is 6. The number of fused-ring (bicyclic) bond motifs is 1. The van der Waals surface area contributed by atoms with E-state index in [2.05, 4.69) is 15.0 Å². The fourth-order valence-electron chi connectivity index (χ4n) is 5.31. The molecule has 2 fully saturated rings. The Kier molecular flexibility index (Phi) is 7.64. The van der Waals surface area contributed by atoms with Crippen molar-refractivity contribution in [3.63, 3.8) is 0 Å². The molecular weight excluding hydrogens is 526 g/mol. The predicted molar refractivity (Wildman–Crippen MR) is 150 cm³/mol. The van der Waals surface area contributed by atoms with Gasteiger partial charge in [0.1, 0.15) is 17.5 Å². The quantitative estimate of drug-likeness (QED) is 0.331. The van der Waals surface area contributed by atoms with E-state index in [1.54, 1.807) is 24.8 Å². The lowest BCUT2D eigenvalue weighted by atomic mass is 10.1. The second-order valence-electron chi connectivity index (χ2n) is 10.6. The van der Waals surface area contributed by atoms with Gasteiger partial charge in [0.2, 0.25) is 11.8 Å². The molecule has 0 spiro atoms. The first-order valence-corrected chi connectivity index (χ1v) is 14.0. The highest BCUT2D eigenvalue weighted by Crippen LogP contribution is 2.35. The maximum absolute atomic E-state index is 11.5. The maximum atomic E-state index is 11.5. The van der Waals surface area contributed by atoms with Crippen LogP contribution in [0, 0.1) is 0 Å². The molecule has 5 heterocycles. The summed E-state index contributed by atoms with van der Waals surface area (Å²) < 4.78 is 19.9. The van der Waals surface area contributed by atoms with Gasteiger partial charge >= 0.3 is 6.09 Å². The van der Waals surface area contributed by atoms with Crippen LogP contribution < -0.4 is 9.47 Å². The first-order valence-electron chi connectivity index (χ1n) is 14.0. The van der Waals surface area contributed by atoms with E-state index in [9.17, 15) is 9.90 Å². The Morgan fingerprint density at radius 3 is 2.61 bits per heavy atom. The Balaban J connectivity index is 1.38. The lowest BCUT2D eigenvalue weighted by Gasteiger charge is -2.30. The van der Waals surface area contributed by atoms with Crippen LogP contribution in [-0.2, 0) is 4.74 Å². The lowest BCUT2D eigenvalue weighted by molar-refractivity contribution is -0.0365. The summed E-state index contributed by atoms with van der Waals surface area (Å²) in [5, 5.41) is 15.2. The average Bonchev–Trinajstić information content (AvgIpc) is 3.37. The van der Waals surface area contributed by atoms with Crippen molar-refractivity contribution >= 4 is 17.0 Å². The van der Waals surface area contributed by atoms with E-state index in [4.69, 9.17) is 24.3 Å². The first kappa shape index (κ1) is 26.9. The van der Waals surface area contributed by atoms with Crippen molar-refractivity contribution in [1.82, 2.24) is 34.6 Å². The third-order valence-corrected chi connectivity index (χ3v) is 7.19. The molecule has 12 nitrogen and oxygen atoms in total. The maximum Gasteiger partial charge on any atom is 0.407 e. The van der Waals surface area contributed by atoms with Crippen molar-refractivity contribution in [3.05, 3.63) is 43.0 Å². The van der Waals surface area contributed by atoms with Crippen molar-refractivity contribution in [2.75, 3.05) is 19.7 Å². The molecule has 1 N–H and O–H groups in total. The van der Waals surface area contributed by atoms with E-state index in [1.165, 1.54) is 4.90 Å². The Bertz CT molecular complexity index is 1540. The van der Waals surface area contributed by atoms with Gasteiger partial charge in [0.15, 0.2) is 6.23 Å². The highest BCUT2D eigenvalue weighted by molar-refractivity contribution is 5.95. The molecule has 2 saturated heterocycles. The number of amides is 1. The average molecular weight is 560 g/mol. The summed E-state index contributed by atoms with van der Waals surface area (Å²) in [5.41, 5.74) is 3.65. The van der Waals surface area contributed by atoms with Crippen LogP contribution in [0.15, 0.2) is 43.0 Å². The van der Waals surface area contributed by atoms with Crippen molar-refractivity contribution in [3.8, 4) is 34.4 Å². The van der Waals surface area contributed by atoms with Gasteiger partial charge in [-0.2, -0.15) is 5.10 Å². The second-order valence-corrected chi connectivity index (χ2v) is 10.6. The fourth-order valence-corrected chi connectivity index (χ4v) is 5.31. The van der Waals surface area contributed by atoms with Gasteiger partial charge in [0.25, 0.3) is 0 Å². The molecule has 0 radical (unpaired) electrons. The topological polar surface area (TPSA) is 138 Å². The molecule has 41 heavy (non-hydrogen) atoms. The summed E-state index contributed by atoms with van der Waals surface area (Å²) in [6.07, 6.45) is 9.55. The number of piperidine rings is 1. The van der Waals surface area contributed by atoms with Crippen LogP contribution in [0.1, 0.15) is 52.2 Å². The monoisotopic (exact) mass is 559 g/mol. The number of ether oxygens (including phenoxy) is 3. The van der Waals surface area contributed by atoms with Gasteiger partial charge in [0.05, 0.1) is 48.6 Å². The third-order valence-electron chi connectivity index (χ3n) is 7.19. The zero-order valence-electron chi connectivity index (χ0n) is 23.1. The normalized spacial score (nSPS) is 19.4. The smallest absolute Gasteiger partial charge is 0.407 e. The third kappa shape index (κ3) is 5.92. The van der Waals surface area contributed by atoms with Gasteiger partial charge in [-0.15, -0.1) is 0 Å². The summed E-state index contributed by atoms with van der Waals surface area (Å²) in [4.78, 5) is 30.9. The number of rotatable bonds is 7. The molecule has 1 amide bonds. The van der Waals surface area contributed by atoms with Crippen LogP contribution in [0.4, 0.5) is 4.79 Å². The fraction of sp³-hybridized carbons (Fsp3) is 0.448. The molecular formula is C29H33N7O5. The summed E-state index contributed by atoms with van der Waals surface area (Å²) in [6, 6.07) is 6.05. The second kappa shape index (κ2) is 11.7. The predicted octanol–water partition coefficient (Wildman–Crippen LogP) is 4.96. The number of carbonyl (C=O) groups is 1. The van der Waals surface area contributed by atoms with E-state index in [-0.39, 0.29) is 18.4 Å². The Morgan fingerprint density at radius 2 is 1.83 bits per heavy atom. The van der Waals surface area contributed by atoms with Crippen molar-refractivity contribution in [1.29, 1.82) is 0 Å². The standard InChI is InChI=1S/C29H33N7O5/c1-18(2)40-25-15-30-13-22(32-25)19-8-9-24-21(12-19)28(34-36(24)27-7-3-4-11-39-27)23-14-31-16-26(33-23)41-20-6-5-10-35(17-20)29(37)38/h8-9,12-16,18,20,27H,3-7,10-11,17H2,1-2H3,(H,37,38)/t20-,27?/m1/s1. The SMILES string of the molecule is CC(C)Oc1cncc(-c2ccc3c(c2)c(-c2cncc(O[C@@H]4CCCN(C(=O)O)C4)n2)nn3C2CCCCO2)n1. The van der Waals surface area contributed by atoms with Gasteiger partial charge in [-0.1, -0.05) is 6.07 Å². The van der Waals surface area contributed by atoms with Crippen LogP contribution in [0.3, 0.4) is 0 Å². The molecule has 2 atom stereocenters. The minimum absolute atomic E-state index is 0.0174. The van der Waals surface area contributed by atoms with Crippen LogP contribution in [0.25, 0.3) is 33.5 Å². The molecule has 0 saturated carbocycles. The van der Waals surface area contributed by atoms with Crippen molar-refractivity contribution < 1.29 is 24.1 Å². The number of likely N-dealkylation sites (tertiary alicyclic amines) is 1. The number of benzene rings is 1. The summed E-state index contributed by atoms with van der Waals surface area (Å²) in [7, 11) is 0. The Hall–Kier alpha value is -4.32. The molecule has 1 aromatic carbocycles. The minimum atomic E-state index is -0.943. The van der Waals surface area contributed by atoms with Crippen LogP contribution in [0.2, 0.25) is 0 Å². The first-order chi connectivity index (χ1) is 19.9. The summed E-state index contributed by atoms with van der Waals surface area (Å²) in [6.45, 7) is 5.39. The van der Waals surface area contributed by atoms with E-state index in [1.807, 2.05) is 36.7 Å². The summed E-state index contributed by atoms with van der Waals surface area (Å²) >= 11 is 0. The van der Waals surface area contributed by atoms with E-state index in [0.29, 0.717) is 48.5 Å². The number of nitrogens with zero attached hydrogens (tertiary/aromatic N) is 7. The van der Waals surface area contributed by atoms with E-state index >= 15 is 0 Å². The zero-order chi connectivity index (χ0) is 28.3. The van der Waals surface area contributed by atoms with E-state index < -0.39 is 6.09 Å². The molecule has 0 bridgehead atoms. The highest BCUT2D eigenvalue weighted by atomic mass is 16.5. The molecule has 3 aromatic heterocycles. The largest absolute Gasteiger partial charge is 0.474 e. The lowest BCUT2D eigenvalue weighted by Crippen LogP contribution is -2.43. The Morgan fingerprint density at radius 1 is 1.02 bits per heavy atom. The van der Waals surface area contributed by atoms with Crippen LogP contribution in [-0.4, -0.2) is 77.7 Å². The van der Waals surface area contributed by atoms with E-state index in [0.717, 1.165) is 48.6 Å². The van der Waals surface area contributed by atoms with Gasteiger partial charge in [-0.25, -0.2) is 19.4 Å². The zero-order valence-corrected chi connectivity index (χ0v) is 23.1. The highest BCUT2D eigenvalue weighted by Gasteiger charge is 2.26. The molecule has 214 valence electrons. The number of carboxylic acid groups (broad SMARTS) is 1. The van der Waals surface area contributed by atoms with Gasteiger partial charge in [0, 0.05) is 24.1 Å². The molecule has 4 aromatic rings. The van der Waals surface area contributed by atoms with Gasteiger partial charge in [-0.3, -0.25) is 9.97 Å². The molecule has 2 aliphatic rings. The molecule has 6 rings (SSSR count). The molecule has 0 aliphatic carbocycles. The Labute approximate surface area is 237 Å². The van der Waals surface area contributed by atoms with Crippen molar-refractivity contribution in [2.45, 2.75) is 64.4 Å². The van der Waals surface area contributed by atoms with Crippen molar-refractivity contribution in [2.24, 2.45) is 0 Å². The van der Waals surface area contributed by atoms with Crippen LogP contribution in [0.5, 0.6) is 11.8 Å².